The Morgan fingerprint density at radius 1 is 1.11 bits per heavy atom. The van der Waals surface area contributed by atoms with Gasteiger partial charge < -0.3 is 15.1 Å². The van der Waals surface area contributed by atoms with Crippen LogP contribution in [-0.4, -0.2) is 41.4 Å². The molecule has 2 N–H and O–H groups in total. The summed E-state index contributed by atoms with van der Waals surface area (Å²) in [5, 5.41) is 19.4. The van der Waals surface area contributed by atoms with Crippen molar-refractivity contribution >= 4 is 0 Å². The van der Waals surface area contributed by atoms with Gasteiger partial charge in [-0.05, 0) is 50.4 Å². The average molecular weight is 265 g/mol. The third kappa shape index (κ3) is 4.60. The molecule has 0 aliphatic rings. The molecule has 3 heteroatoms. The monoisotopic (exact) mass is 265 g/mol. The summed E-state index contributed by atoms with van der Waals surface area (Å²) in [5.41, 5.74) is 4.62. The first-order valence-electron chi connectivity index (χ1n) is 7.08. The predicted molar refractivity (Wildman–Crippen MR) is 79.4 cm³/mol. The van der Waals surface area contributed by atoms with Crippen molar-refractivity contribution in [2.45, 2.75) is 40.2 Å². The van der Waals surface area contributed by atoms with E-state index in [9.17, 15) is 5.11 Å². The van der Waals surface area contributed by atoms with Gasteiger partial charge in [-0.15, -0.1) is 0 Å². The molecule has 0 spiro atoms. The van der Waals surface area contributed by atoms with Gasteiger partial charge in [-0.2, -0.15) is 0 Å². The third-order valence-electron chi connectivity index (χ3n) is 3.65. The lowest BCUT2D eigenvalue weighted by Crippen LogP contribution is -2.28. The molecule has 1 atom stereocenters. The maximum absolute atomic E-state index is 10.4. The zero-order valence-electron chi connectivity index (χ0n) is 12.6. The molecule has 0 heterocycles. The van der Waals surface area contributed by atoms with E-state index in [1.807, 2.05) is 0 Å². The molecule has 0 fully saturated rings. The van der Waals surface area contributed by atoms with E-state index in [1.165, 1.54) is 5.56 Å². The number of benzene rings is 1. The summed E-state index contributed by atoms with van der Waals surface area (Å²) in [7, 11) is 0. The molecule has 0 radical (unpaired) electrons. The zero-order valence-corrected chi connectivity index (χ0v) is 12.6. The second-order valence-corrected chi connectivity index (χ2v) is 5.27. The van der Waals surface area contributed by atoms with E-state index < -0.39 is 6.10 Å². The Morgan fingerprint density at radius 2 is 1.68 bits per heavy atom. The highest BCUT2D eigenvalue weighted by molar-refractivity contribution is 5.38. The van der Waals surface area contributed by atoms with E-state index in [0.717, 1.165) is 29.8 Å². The summed E-state index contributed by atoms with van der Waals surface area (Å²) in [6.45, 7) is 10.8. The van der Waals surface area contributed by atoms with Crippen molar-refractivity contribution in [1.29, 1.82) is 0 Å². The molecule has 1 aromatic carbocycles. The van der Waals surface area contributed by atoms with Crippen LogP contribution in [0.5, 0.6) is 0 Å². The first kappa shape index (κ1) is 16.2. The molecule has 0 amide bonds. The van der Waals surface area contributed by atoms with Gasteiger partial charge in [-0.3, -0.25) is 0 Å². The van der Waals surface area contributed by atoms with Crippen LogP contribution >= 0.6 is 0 Å². The summed E-state index contributed by atoms with van der Waals surface area (Å²) in [6, 6.07) is 4.24. The normalized spacial score (nSPS) is 13.0. The zero-order chi connectivity index (χ0) is 14.4. The fraction of sp³-hybridized carbons (Fsp3) is 0.625. The molecule has 0 saturated carbocycles. The number of rotatable bonds is 7. The molecule has 108 valence electrons. The van der Waals surface area contributed by atoms with E-state index in [2.05, 4.69) is 44.7 Å². The standard InChI is InChI=1S/C16H27NO2/c1-5-17(8-9-18)7-6-15(19)16-13(3)10-12(2)11-14(16)4/h10-11,15,18-19H,5-9H2,1-4H3. The topological polar surface area (TPSA) is 43.7 Å². The fourth-order valence-electron chi connectivity index (χ4n) is 2.74. The Morgan fingerprint density at radius 3 is 2.16 bits per heavy atom. The number of nitrogens with zero attached hydrogens (tertiary/aromatic N) is 1. The molecular formula is C16H27NO2. The largest absolute Gasteiger partial charge is 0.395 e. The second kappa shape index (κ2) is 7.63. The number of aryl methyl sites for hydroxylation is 3. The maximum Gasteiger partial charge on any atom is 0.0807 e. The Labute approximate surface area is 116 Å². The van der Waals surface area contributed by atoms with Gasteiger partial charge in [0.2, 0.25) is 0 Å². The van der Waals surface area contributed by atoms with Gasteiger partial charge in [-0.25, -0.2) is 0 Å². The first-order valence-corrected chi connectivity index (χ1v) is 7.08. The van der Waals surface area contributed by atoms with Gasteiger partial charge in [-0.1, -0.05) is 24.6 Å². The Bertz CT molecular complexity index is 381. The second-order valence-electron chi connectivity index (χ2n) is 5.27. The predicted octanol–water partition coefficient (Wildman–Crippen LogP) is 2.35. The minimum atomic E-state index is -0.423. The number of aliphatic hydroxyl groups excluding tert-OH is 2. The molecule has 0 aromatic heterocycles. The van der Waals surface area contributed by atoms with E-state index in [1.54, 1.807) is 0 Å². The number of aliphatic hydroxyl groups is 2. The Kier molecular flexibility index (Phi) is 6.49. The lowest BCUT2D eigenvalue weighted by molar-refractivity contribution is 0.132. The van der Waals surface area contributed by atoms with Crippen LogP contribution in [0.25, 0.3) is 0 Å². The van der Waals surface area contributed by atoms with Crippen molar-refractivity contribution in [3.63, 3.8) is 0 Å². The van der Waals surface area contributed by atoms with E-state index >= 15 is 0 Å². The van der Waals surface area contributed by atoms with Crippen molar-refractivity contribution in [2.75, 3.05) is 26.2 Å². The third-order valence-corrected chi connectivity index (χ3v) is 3.65. The fourth-order valence-corrected chi connectivity index (χ4v) is 2.74. The smallest absolute Gasteiger partial charge is 0.0807 e. The van der Waals surface area contributed by atoms with Gasteiger partial charge >= 0.3 is 0 Å². The van der Waals surface area contributed by atoms with Gasteiger partial charge in [0.25, 0.3) is 0 Å². The van der Waals surface area contributed by atoms with Crippen LogP contribution in [0, 0.1) is 20.8 Å². The minimum absolute atomic E-state index is 0.173. The van der Waals surface area contributed by atoms with Crippen molar-refractivity contribution in [3.8, 4) is 0 Å². The SMILES string of the molecule is CCN(CCO)CCC(O)c1c(C)cc(C)cc1C. The molecule has 1 rings (SSSR count). The van der Waals surface area contributed by atoms with Crippen molar-refractivity contribution in [2.24, 2.45) is 0 Å². The Hall–Kier alpha value is -0.900. The number of hydrogen-bond acceptors (Lipinski definition) is 3. The van der Waals surface area contributed by atoms with E-state index in [0.29, 0.717) is 13.0 Å². The van der Waals surface area contributed by atoms with Crippen molar-refractivity contribution in [1.82, 2.24) is 4.90 Å². The van der Waals surface area contributed by atoms with Crippen molar-refractivity contribution < 1.29 is 10.2 Å². The lowest BCUT2D eigenvalue weighted by atomic mass is 9.94. The van der Waals surface area contributed by atoms with Crippen LogP contribution in [0.4, 0.5) is 0 Å². The molecule has 0 bridgehead atoms. The van der Waals surface area contributed by atoms with Crippen LogP contribution in [0.15, 0.2) is 12.1 Å². The molecule has 1 aromatic rings. The summed E-state index contributed by atoms with van der Waals surface area (Å²) in [5.74, 6) is 0. The van der Waals surface area contributed by atoms with E-state index in [-0.39, 0.29) is 6.61 Å². The summed E-state index contributed by atoms with van der Waals surface area (Å²) < 4.78 is 0. The summed E-state index contributed by atoms with van der Waals surface area (Å²) >= 11 is 0. The molecule has 0 aliphatic heterocycles. The van der Waals surface area contributed by atoms with Crippen LogP contribution < -0.4 is 0 Å². The molecule has 0 aliphatic carbocycles. The van der Waals surface area contributed by atoms with Crippen LogP contribution in [0.2, 0.25) is 0 Å². The first-order chi connectivity index (χ1) is 8.99. The highest BCUT2D eigenvalue weighted by Gasteiger charge is 2.15. The van der Waals surface area contributed by atoms with Gasteiger partial charge in [0.1, 0.15) is 0 Å². The van der Waals surface area contributed by atoms with Crippen LogP contribution in [0.1, 0.15) is 41.7 Å². The highest BCUT2D eigenvalue weighted by atomic mass is 16.3. The summed E-state index contributed by atoms with van der Waals surface area (Å²) in [6.07, 6.45) is 0.284. The molecule has 3 nitrogen and oxygen atoms in total. The highest BCUT2D eigenvalue weighted by Crippen LogP contribution is 2.25. The minimum Gasteiger partial charge on any atom is -0.395 e. The molecular weight excluding hydrogens is 238 g/mol. The van der Waals surface area contributed by atoms with Crippen LogP contribution in [0.3, 0.4) is 0 Å². The van der Waals surface area contributed by atoms with Crippen molar-refractivity contribution in [3.05, 3.63) is 34.4 Å². The average Bonchev–Trinajstić information content (AvgIpc) is 2.33. The summed E-state index contributed by atoms with van der Waals surface area (Å²) in [4.78, 5) is 2.15. The molecule has 1 unspecified atom stereocenters. The number of hydrogen-bond donors (Lipinski definition) is 2. The van der Waals surface area contributed by atoms with Crippen LogP contribution in [-0.2, 0) is 0 Å². The molecule has 19 heavy (non-hydrogen) atoms. The van der Waals surface area contributed by atoms with E-state index in [4.69, 9.17) is 5.11 Å². The van der Waals surface area contributed by atoms with Gasteiger partial charge in [0.05, 0.1) is 12.7 Å². The number of likely N-dealkylation sites (N-methyl/N-ethyl adjacent to an activating group) is 1. The lowest BCUT2D eigenvalue weighted by Gasteiger charge is -2.23. The maximum atomic E-state index is 10.4. The molecule has 0 saturated heterocycles. The van der Waals surface area contributed by atoms with Gasteiger partial charge in [0.15, 0.2) is 0 Å². The Balaban J connectivity index is 2.70. The quantitative estimate of drug-likeness (QED) is 0.795. The van der Waals surface area contributed by atoms with Gasteiger partial charge in [0, 0.05) is 13.1 Å².